The van der Waals surface area contributed by atoms with Gasteiger partial charge in [0.2, 0.25) is 5.91 Å². The Morgan fingerprint density at radius 2 is 2.24 bits per heavy atom. The Balaban J connectivity index is 1.68. The van der Waals surface area contributed by atoms with Gasteiger partial charge in [-0.1, -0.05) is 0 Å². The molecule has 1 aromatic heterocycles. The molecular weight excluding hydrogens is 216 g/mol. The van der Waals surface area contributed by atoms with Crippen molar-refractivity contribution in [3.63, 3.8) is 0 Å². The minimum Gasteiger partial charge on any atom is -0.342 e. The predicted molar refractivity (Wildman–Crippen MR) is 62.4 cm³/mol. The van der Waals surface area contributed by atoms with Gasteiger partial charge in [0, 0.05) is 24.9 Å². The van der Waals surface area contributed by atoms with Crippen molar-refractivity contribution in [2.45, 2.75) is 38.5 Å². The average Bonchev–Trinajstić information content (AvgIpc) is 3.11. The second kappa shape index (κ2) is 4.13. The van der Waals surface area contributed by atoms with Crippen LogP contribution < -0.4 is 0 Å². The van der Waals surface area contributed by atoms with Crippen LogP contribution in [0.15, 0.2) is 0 Å². The summed E-state index contributed by atoms with van der Waals surface area (Å²) in [5.41, 5.74) is 0. The lowest BCUT2D eigenvalue weighted by atomic mass is 9.97. The molecule has 17 heavy (non-hydrogen) atoms. The minimum absolute atomic E-state index is 0.316. The van der Waals surface area contributed by atoms with Crippen LogP contribution in [-0.4, -0.2) is 39.1 Å². The Labute approximate surface area is 101 Å². The number of H-pyrrole nitrogens is 1. The van der Waals surface area contributed by atoms with Gasteiger partial charge in [-0.25, -0.2) is 4.98 Å². The first-order chi connectivity index (χ1) is 8.24. The zero-order valence-corrected chi connectivity index (χ0v) is 10.1. The van der Waals surface area contributed by atoms with Gasteiger partial charge in [0.15, 0.2) is 5.82 Å². The SMILES string of the molecule is Cc1nc(C2CCCN(C(=O)C3CC3)C2)n[nH]1. The van der Waals surface area contributed by atoms with E-state index >= 15 is 0 Å². The first-order valence-electron chi connectivity index (χ1n) is 6.41. The van der Waals surface area contributed by atoms with Gasteiger partial charge in [0.25, 0.3) is 0 Å². The number of carbonyl (C=O) groups is 1. The van der Waals surface area contributed by atoms with Crippen LogP contribution in [0.2, 0.25) is 0 Å². The zero-order valence-electron chi connectivity index (χ0n) is 10.1. The molecule has 5 nitrogen and oxygen atoms in total. The third-order valence-electron chi connectivity index (χ3n) is 3.64. The fourth-order valence-corrected chi connectivity index (χ4v) is 2.52. The molecule has 0 radical (unpaired) electrons. The largest absolute Gasteiger partial charge is 0.342 e. The number of amides is 1. The fourth-order valence-electron chi connectivity index (χ4n) is 2.52. The smallest absolute Gasteiger partial charge is 0.225 e. The third-order valence-corrected chi connectivity index (χ3v) is 3.64. The maximum absolute atomic E-state index is 12.0. The molecule has 92 valence electrons. The maximum atomic E-state index is 12.0. The molecule has 3 rings (SSSR count). The zero-order chi connectivity index (χ0) is 11.8. The van der Waals surface area contributed by atoms with Crippen molar-refractivity contribution in [1.29, 1.82) is 0 Å². The number of aromatic amines is 1. The number of aromatic nitrogens is 3. The number of carbonyl (C=O) groups excluding carboxylic acids is 1. The predicted octanol–water partition coefficient (Wildman–Crippen LogP) is 1.23. The number of nitrogens with zero attached hydrogens (tertiary/aromatic N) is 3. The third kappa shape index (κ3) is 2.18. The molecule has 1 saturated heterocycles. The van der Waals surface area contributed by atoms with Crippen LogP contribution in [0, 0.1) is 12.8 Å². The van der Waals surface area contributed by atoms with Gasteiger partial charge < -0.3 is 4.90 Å². The Hall–Kier alpha value is -1.39. The standard InChI is InChI=1S/C12H18N4O/c1-8-13-11(15-14-8)10-3-2-6-16(7-10)12(17)9-4-5-9/h9-10H,2-7H2,1H3,(H,13,14,15). The summed E-state index contributed by atoms with van der Waals surface area (Å²) in [5.74, 6) is 2.71. The first kappa shape index (κ1) is 10.7. The van der Waals surface area contributed by atoms with E-state index < -0.39 is 0 Å². The van der Waals surface area contributed by atoms with E-state index in [1.165, 1.54) is 0 Å². The molecule has 2 fully saturated rings. The average molecular weight is 234 g/mol. The highest BCUT2D eigenvalue weighted by molar-refractivity contribution is 5.81. The first-order valence-corrected chi connectivity index (χ1v) is 6.41. The number of hydrogen-bond donors (Lipinski definition) is 1. The highest BCUT2D eigenvalue weighted by atomic mass is 16.2. The number of piperidine rings is 1. The molecule has 0 bridgehead atoms. The summed E-state index contributed by atoms with van der Waals surface area (Å²) in [6.07, 6.45) is 4.32. The molecule has 0 aromatic carbocycles. The molecule has 1 N–H and O–H groups in total. The molecule has 1 aliphatic carbocycles. The van der Waals surface area contributed by atoms with Crippen molar-refractivity contribution < 1.29 is 4.79 Å². The van der Waals surface area contributed by atoms with E-state index in [1.807, 2.05) is 11.8 Å². The van der Waals surface area contributed by atoms with Crippen molar-refractivity contribution in [3.8, 4) is 0 Å². The summed E-state index contributed by atoms with van der Waals surface area (Å²) in [5, 5.41) is 7.10. The van der Waals surface area contributed by atoms with Crippen molar-refractivity contribution >= 4 is 5.91 Å². The highest BCUT2D eigenvalue weighted by Gasteiger charge is 2.36. The van der Waals surface area contributed by atoms with Gasteiger partial charge in [-0.15, -0.1) is 0 Å². The minimum atomic E-state index is 0.316. The lowest BCUT2D eigenvalue weighted by Gasteiger charge is -2.31. The van der Waals surface area contributed by atoms with Crippen LogP contribution in [0.1, 0.15) is 43.3 Å². The summed E-state index contributed by atoms with van der Waals surface area (Å²) in [6.45, 7) is 3.62. The monoisotopic (exact) mass is 234 g/mol. The van der Waals surface area contributed by atoms with Gasteiger partial charge in [-0.05, 0) is 32.6 Å². The Bertz CT molecular complexity index is 424. The summed E-state index contributed by atoms with van der Waals surface area (Å²) in [4.78, 5) is 18.4. The number of nitrogens with one attached hydrogen (secondary N) is 1. The van der Waals surface area contributed by atoms with Crippen molar-refractivity contribution in [3.05, 3.63) is 11.6 Å². The van der Waals surface area contributed by atoms with E-state index in [2.05, 4.69) is 15.2 Å². The lowest BCUT2D eigenvalue weighted by Crippen LogP contribution is -2.40. The number of likely N-dealkylation sites (tertiary alicyclic amines) is 1. The van der Waals surface area contributed by atoms with Crippen LogP contribution >= 0.6 is 0 Å². The lowest BCUT2D eigenvalue weighted by molar-refractivity contribution is -0.133. The van der Waals surface area contributed by atoms with Crippen molar-refractivity contribution in [2.24, 2.45) is 5.92 Å². The Morgan fingerprint density at radius 1 is 1.41 bits per heavy atom. The molecule has 5 heteroatoms. The summed E-state index contributed by atoms with van der Waals surface area (Å²) in [7, 11) is 0. The molecule has 0 spiro atoms. The van der Waals surface area contributed by atoms with E-state index in [4.69, 9.17) is 0 Å². The van der Waals surface area contributed by atoms with E-state index in [9.17, 15) is 4.79 Å². The number of rotatable bonds is 2. The van der Waals surface area contributed by atoms with Crippen LogP contribution in [0.4, 0.5) is 0 Å². The molecule has 1 unspecified atom stereocenters. The van der Waals surface area contributed by atoms with Crippen LogP contribution in [0.3, 0.4) is 0 Å². The second-order valence-corrected chi connectivity index (χ2v) is 5.18. The second-order valence-electron chi connectivity index (χ2n) is 5.18. The Morgan fingerprint density at radius 3 is 2.88 bits per heavy atom. The van der Waals surface area contributed by atoms with E-state index in [1.54, 1.807) is 0 Å². The maximum Gasteiger partial charge on any atom is 0.225 e. The van der Waals surface area contributed by atoms with Gasteiger partial charge in [0.1, 0.15) is 5.82 Å². The van der Waals surface area contributed by atoms with E-state index in [0.29, 0.717) is 17.7 Å². The molecule has 1 atom stereocenters. The van der Waals surface area contributed by atoms with Gasteiger partial charge >= 0.3 is 0 Å². The van der Waals surface area contributed by atoms with Crippen LogP contribution in [0.25, 0.3) is 0 Å². The quantitative estimate of drug-likeness (QED) is 0.837. The molecule has 1 saturated carbocycles. The van der Waals surface area contributed by atoms with Gasteiger partial charge in [0.05, 0.1) is 0 Å². The summed E-state index contributed by atoms with van der Waals surface area (Å²) < 4.78 is 0. The van der Waals surface area contributed by atoms with Crippen molar-refractivity contribution in [1.82, 2.24) is 20.1 Å². The van der Waals surface area contributed by atoms with Gasteiger partial charge in [-0.2, -0.15) is 5.10 Å². The van der Waals surface area contributed by atoms with Gasteiger partial charge in [-0.3, -0.25) is 9.89 Å². The Kier molecular flexibility index (Phi) is 2.61. The molecule has 1 amide bonds. The fraction of sp³-hybridized carbons (Fsp3) is 0.750. The van der Waals surface area contributed by atoms with E-state index in [-0.39, 0.29) is 0 Å². The molecule has 2 heterocycles. The molecular formula is C12H18N4O. The van der Waals surface area contributed by atoms with Crippen LogP contribution in [-0.2, 0) is 4.79 Å². The summed E-state index contributed by atoms with van der Waals surface area (Å²) >= 11 is 0. The topological polar surface area (TPSA) is 61.9 Å². The number of hydrogen-bond acceptors (Lipinski definition) is 3. The molecule has 1 aliphatic heterocycles. The normalized spacial score (nSPS) is 25.0. The summed E-state index contributed by atoms with van der Waals surface area (Å²) in [6, 6.07) is 0. The van der Waals surface area contributed by atoms with Crippen LogP contribution in [0.5, 0.6) is 0 Å². The number of aryl methyl sites for hydroxylation is 1. The molecule has 1 aromatic rings. The van der Waals surface area contributed by atoms with Crippen molar-refractivity contribution in [2.75, 3.05) is 13.1 Å². The molecule has 2 aliphatic rings. The highest BCUT2D eigenvalue weighted by Crippen LogP contribution is 2.33. The van der Waals surface area contributed by atoms with E-state index in [0.717, 1.165) is 50.4 Å².